The van der Waals surface area contributed by atoms with Gasteiger partial charge in [0.1, 0.15) is 23.6 Å². The molecular formula is C33H30Cl2N6O3. The number of fused-ring (bicyclic) bond motifs is 1. The molecule has 4 aromatic rings. The minimum absolute atomic E-state index is 0.313. The van der Waals surface area contributed by atoms with Gasteiger partial charge in [-0.05, 0) is 61.5 Å². The number of rotatable bonds is 7. The molecular weight excluding hydrogens is 599 g/mol. The summed E-state index contributed by atoms with van der Waals surface area (Å²) in [5.41, 5.74) is 3.96. The zero-order valence-electron chi connectivity index (χ0n) is 24.3. The van der Waals surface area contributed by atoms with Gasteiger partial charge in [-0.1, -0.05) is 29.3 Å². The summed E-state index contributed by atoms with van der Waals surface area (Å²) in [6, 6.07) is 14.7. The largest absolute Gasteiger partial charge is 0.495 e. The fourth-order valence-corrected chi connectivity index (χ4v) is 6.37. The van der Waals surface area contributed by atoms with Gasteiger partial charge in [-0.25, -0.2) is 4.98 Å². The lowest BCUT2D eigenvalue weighted by Gasteiger charge is -2.52. The van der Waals surface area contributed by atoms with Crippen molar-refractivity contribution >= 4 is 45.5 Å². The Morgan fingerprint density at radius 2 is 1.82 bits per heavy atom. The molecule has 6 rings (SSSR count). The van der Waals surface area contributed by atoms with Gasteiger partial charge >= 0.3 is 0 Å². The maximum Gasteiger partial charge on any atom is 0.184 e. The van der Waals surface area contributed by atoms with Crippen LogP contribution in [0.15, 0.2) is 48.7 Å². The summed E-state index contributed by atoms with van der Waals surface area (Å²) >= 11 is 12.7. The van der Waals surface area contributed by atoms with Crippen LogP contribution in [0.2, 0.25) is 10.0 Å². The molecule has 44 heavy (non-hydrogen) atoms. The Morgan fingerprint density at radius 1 is 1.02 bits per heavy atom. The second-order valence-corrected chi connectivity index (χ2v) is 11.8. The van der Waals surface area contributed by atoms with Crippen LogP contribution in [0.1, 0.15) is 29.8 Å². The van der Waals surface area contributed by atoms with Crippen LogP contribution in [0.3, 0.4) is 0 Å². The molecule has 0 saturated carbocycles. The minimum atomic E-state index is 0.313. The predicted molar refractivity (Wildman–Crippen MR) is 171 cm³/mol. The summed E-state index contributed by atoms with van der Waals surface area (Å²) < 4.78 is 16.8. The Bertz CT molecular complexity index is 1820. The molecule has 0 amide bonds. The molecule has 9 nitrogen and oxygen atoms in total. The van der Waals surface area contributed by atoms with Crippen molar-refractivity contribution < 1.29 is 14.2 Å². The number of aromatic nitrogens is 2. The van der Waals surface area contributed by atoms with Crippen molar-refractivity contribution in [2.45, 2.75) is 19.4 Å². The second-order valence-electron chi connectivity index (χ2n) is 11.0. The number of piperidine rings is 1. The average molecular weight is 630 g/mol. The first-order valence-electron chi connectivity index (χ1n) is 14.2. The van der Waals surface area contributed by atoms with E-state index in [1.807, 2.05) is 18.2 Å². The number of methoxy groups -OCH3 is 2. The number of nitriles is 1. The SMILES string of the molecule is COc1cc(Nc2c(C#N)cnc3cc(OC#Cc4cccc(CN5CC6(CCNCC6)C5)n4)c(OC)cc23)c(Cl)cc1Cl. The molecule has 0 atom stereocenters. The van der Waals surface area contributed by atoms with Gasteiger partial charge in [0, 0.05) is 43.4 Å². The number of nitrogens with zero attached hydrogens (tertiary/aromatic N) is 4. The van der Waals surface area contributed by atoms with Gasteiger partial charge in [0.25, 0.3) is 0 Å². The van der Waals surface area contributed by atoms with E-state index in [0.717, 1.165) is 38.4 Å². The smallest absolute Gasteiger partial charge is 0.184 e. The highest BCUT2D eigenvalue weighted by molar-refractivity contribution is 6.37. The molecule has 2 saturated heterocycles. The standard InChI is InChI=1S/C33H30Cl2N6O3/c1-42-29-15-28(25(34)13-26(29)35)40-32-21(16-36)17-38-27-14-31(30(43-2)12-24(27)32)44-11-6-22-4-3-5-23(39-22)18-41-19-33(20-41)7-9-37-10-8-33/h3-5,12-15,17,37H,7-10,18-20H2,1-2H3,(H,38,40). The van der Waals surface area contributed by atoms with Crippen molar-refractivity contribution in [3.05, 3.63) is 75.7 Å². The first kappa shape index (κ1) is 29.8. The number of benzene rings is 2. The maximum atomic E-state index is 9.83. The molecule has 4 heterocycles. The third-order valence-corrected chi connectivity index (χ3v) is 8.70. The van der Waals surface area contributed by atoms with Gasteiger partial charge in [-0.3, -0.25) is 9.88 Å². The first-order chi connectivity index (χ1) is 21.4. The van der Waals surface area contributed by atoms with E-state index in [0.29, 0.717) is 66.2 Å². The second kappa shape index (κ2) is 12.8. The minimum Gasteiger partial charge on any atom is -0.495 e. The van der Waals surface area contributed by atoms with Crippen LogP contribution < -0.4 is 24.8 Å². The Labute approximate surface area is 266 Å². The number of likely N-dealkylation sites (tertiary alicyclic amines) is 1. The molecule has 0 aliphatic carbocycles. The first-order valence-corrected chi connectivity index (χ1v) is 14.9. The molecule has 2 aliphatic rings. The quantitative estimate of drug-likeness (QED) is 0.233. The number of hydrogen-bond donors (Lipinski definition) is 2. The van der Waals surface area contributed by atoms with Crippen LogP contribution in [0.4, 0.5) is 11.4 Å². The fraction of sp³-hybridized carbons (Fsp3) is 0.303. The third kappa shape index (κ3) is 6.19. The van der Waals surface area contributed by atoms with E-state index in [1.165, 1.54) is 33.3 Å². The summed E-state index contributed by atoms with van der Waals surface area (Å²) in [5.74, 6) is 4.24. The molecule has 0 unspecified atom stereocenters. The van der Waals surface area contributed by atoms with E-state index in [9.17, 15) is 5.26 Å². The Kier molecular flexibility index (Phi) is 8.65. The number of pyridine rings is 2. The highest BCUT2D eigenvalue weighted by Crippen LogP contribution is 2.41. The van der Waals surface area contributed by atoms with Crippen molar-refractivity contribution in [1.29, 1.82) is 5.26 Å². The summed E-state index contributed by atoms with van der Waals surface area (Å²) in [5, 5.41) is 17.9. The van der Waals surface area contributed by atoms with Crippen molar-refractivity contribution in [1.82, 2.24) is 20.2 Å². The van der Waals surface area contributed by atoms with Gasteiger partial charge in [-0.2, -0.15) is 5.26 Å². The van der Waals surface area contributed by atoms with Gasteiger partial charge in [0.05, 0.1) is 52.4 Å². The van der Waals surface area contributed by atoms with Crippen LogP contribution in [0, 0.1) is 28.8 Å². The highest BCUT2D eigenvalue weighted by atomic mass is 35.5. The molecule has 2 fully saturated rings. The normalized spacial score (nSPS) is 15.5. The van der Waals surface area contributed by atoms with Crippen molar-refractivity contribution in [3.8, 4) is 35.3 Å². The zero-order chi connectivity index (χ0) is 30.7. The van der Waals surface area contributed by atoms with Crippen molar-refractivity contribution in [2.24, 2.45) is 5.41 Å². The van der Waals surface area contributed by atoms with Crippen LogP contribution in [-0.2, 0) is 6.54 Å². The number of halogens is 2. The predicted octanol–water partition coefficient (Wildman–Crippen LogP) is 6.14. The molecule has 2 aliphatic heterocycles. The van der Waals surface area contributed by atoms with Crippen molar-refractivity contribution in [3.63, 3.8) is 0 Å². The summed E-state index contributed by atoms with van der Waals surface area (Å²) in [6.07, 6.45) is 6.74. The topological polar surface area (TPSA) is 105 Å². The Hall–Kier alpha value is -4.25. The number of ether oxygens (including phenoxy) is 3. The highest BCUT2D eigenvalue weighted by Gasteiger charge is 2.43. The van der Waals surface area contributed by atoms with Crippen LogP contribution in [0.25, 0.3) is 10.9 Å². The number of anilines is 2. The fourth-order valence-electron chi connectivity index (χ4n) is 5.86. The molecule has 2 aromatic heterocycles. The molecule has 1 spiro atoms. The van der Waals surface area contributed by atoms with Crippen LogP contribution >= 0.6 is 23.2 Å². The van der Waals surface area contributed by atoms with Gasteiger partial charge in [0.15, 0.2) is 11.5 Å². The van der Waals surface area contributed by atoms with E-state index in [4.69, 9.17) is 42.4 Å². The van der Waals surface area contributed by atoms with Crippen molar-refractivity contribution in [2.75, 3.05) is 45.7 Å². The van der Waals surface area contributed by atoms with E-state index in [-0.39, 0.29) is 0 Å². The van der Waals surface area contributed by atoms with Crippen LogP contribution in [0.5, 0.6) is 17.2 Å². The van der Waals surface area contributed by atoms with Gasteiger partial charge in [-0.15, -0.1) is 0 Å². The summed E-state index contributed by atoms with van der Waals surface area (Å²) in [6.45, 7) is 5.29. The maximum absolute atomic E-state index is 9.83. The van der Waals surface area contributed by atoms with Gasteiger partial charge < -0.3 is 24.8 Å². The van der Waals surface area contributed by atoms with E-state index in [1.54, 1.807) is 24.3 Å². The molecule has 2 N–H and O–H groups in total. The average Bonchev–Trinajstić information content (AvgIpc) is 3.02. The Morgan fingerprint density at radius 3 is 2.57 bits per heavy atom. The lowest BCUT2D eigenvalue weighted by Crippen LogP contribution is -2.59. The number of nitrogens with one attached hydrogen (secondary N) is 2. The number of hydrogen-bond acceptors (Lipinski definition) is 9. The molecule has 11 heteroatoms. The van der Waals surface area contributed by atoms with E-state index >= 15 is 0 Å². The van der Waals surface area contributed by atoms with E-state index in [2.05, 4.69) is 38.6 Å². The van der Waals surface area contributed by atoms with Crippen LogP contribution in [-0.4, -0.2) is 55.3 Å². The lowest BCUT2D eigenvalue weighted by atomic mass is 9.72. The summed E-state index contributed by atoms with van der Waals surface area (Å²) in [7, 11) is 3.05. The van der Waals surface area contributed by atoms with E-state index < -0.39 is 0 Å². The molecule has 224 valence electrons. The monoisotopic (exact) mass is 628 g/mol. The lowest BCUT2D eigenvalue weighted by molar-refractivity contribution is -0.0289. The van der Waals surface area contributed by atoms with Gasteiger partial charge in [0.2, 0.25) is 0 Å². The third-order valence-electron chi connectivity index (χ3n) is 8.09. The molecule has 0 radical (unpaired) electrons. The molecule has 0 bridgehead atoms. The zero-order valence-corrected chi connectivity index (χ0v) is 25.8. The molecule has 2 aromatic carbocycles. The summed E-state index contributed by atoms with van der Waals surface area (Å²) in [4.78, 5) is 11.6. The Balaban J connectivity index is 1.21.